The minimum absolute atomic E-state index is 0.648. The lowest BCUT2D eigenvalue weighted by Crippen LogP contribution is -2.40. The summed E-state index contributed by atoms with van der Waals surface area (Å²) in [5, 5.41) is 12.5. The van der Waals surface area contributed by atoms with Gasteiger partial charge in [-0.15, -0.1) is 0 Å². The summed E-state index contributed by atoms with van der Waals surface area (Å²) < 4.78 is 0. The van der Waals surface area contributed by atoms with Crippen molar-refractivity contribution in [2.75, 3.05) is 24.5 Å². The Bertz CT molecular complexity index is 435. The van der Waals surface area contributed by atoms with Crippen molar-refractivity contribution in [3.8, 4) is 6.07 Å². The number of fused-ring (bicyclic) bond motifs is 1. The van der Waals surface area contributed by atoms with E-state index in [0.717, 1.165) is 31.1 Å². The van der Waals surface area contributed by atoms with Gasteiger partial charge >= 0.3 is 0 Å². The molecule has 2 aliphatic rings. The van der Waals surface area contributed by atoms with E-state index in [1.54, 1.807) is 0 Å². The molecule has 17 heavy (non-hydrogen) atoms. The molecule has 2 fully saturated rings. The van der Waals surface area contributed by atoms with Gasteiger partial charge in [0.15, 0.2) is 0 Å². The lowest BCUT2D eigenvalue weighted by Gasteiger charge is -2.24. The van der Waals surface area contributed by atoms with Crippen LogP contribution < -0.4 is 10.2 Å². The summed E-state index contributed by atoms with van der Waals surface area (Å²) in [6.07, 6.45) is 2.64. The van der Waals surface area contributed by atoms with Crippen molar-refractivity contribution in [1.82, 2.24) is 5.32 Å². The highest BCUT2D eigenvalue weighted by molar-refractivity contribution is 5.52. The molecule has 0 aliphatic carbocycles. The number of nitriles is 1. The summed E-state index contributed by atoms with van der Waals surface area (Å²) in [4.78, 5) is 2.41. The minimum Gasteiger partial charge on any atom is -0.370 e. The number of nitrogens with one attached hydrogen (secondary N) is 1. The Morgan fingerprint density at radius 2 is 2.29 bits per heavy atom. The number of rotatable bonds is 1. The number of hydrogen-bond donors (Lipinski definition) is 1. The zero-order valence-corrected chi connectivity index (χ0v) is 9.89. The number of hydrogen-bond acceptors (Lipinski definition) is 3. The molecule has 0 aromatic heterocycles. The second-order valence-electron chi connectivity index (χ2n) is 5.03. The molecule has 0 radical (unpaired) electrons. The summed E-state index contributed by atoms with van der Waals surface area (Å²) in [7, 11) is 0. The van der Waals surface area contributed by atoms with Gasteiger partial charge in [0.2, 0.25) is 0 Å². The van der Waals surface area contributed by atoms with Crippen LogP contribution in [0.4, 0.5) is 5.69 Å². The first-order valence-electron chi connectivity index (χ1n) is 6.35. The zero-order valence-electron chi connectivity index (χ0n) is 9.89. The van der Waals surface area contributed by atoms with Gasteiger partial charge < -0.3 is 10.2 Å². The van der Waals surface area contributed by atoms with E-state index in [1.165, 1.54) is 18.5 Å². The minimum atomic E-state index is 0.648. The third-order valence-corrected chi connectivity index (χ3v) is 3.94. The Morgan fingerprint density at radius 1 is 1.35 bits per heavy atom. The van der Waals surface area contributed by atoms with Crippen LogP contribution in [0.2, 0.25) is 0 Å². The van der Waals surface area contributed by atoms with Gasteiger partial charge in [-0.25, -0.2) is 0 Å². The van der Waals surface area contributed by atoms with Gasteiger partial charge in [-0.1, -0.05) is 6.07 Å². The molecule has 3 nitrogen and oxygen atoms in total. The summed E-state index contributed by atoms with van der Waals surface area (Å²) >= 11 is 0. The summed E-state index contributed by atoms with van der Waals surface area (Å²) in [6, 6.07) is 10.8. The van der Waals surface area contributed by atoms with Gasteiger partial charge in [0.25, 0.3) is 0 Å². The highest BCUT2D eigenvalue weighted by Gasteiger charge is 2.34. The Hall–Kier alpha value is -1.53. The molecule has 2 saturated heterocycles. The van der Waals surface area contributed by atoms with Gasteiger partial charge in [0, 0.05) is 24.8 Å². The van der Waals surface area contributed by atoms with Gasteiger partial charge in [-0.3, -0.25) is 0 Å². The van der Waals surface area contributed by atoms with E-state index in [-0.39, 0.29) is 0 Å². The first-order chi connectivity index (χ1) is 8.36. The van der Waals surface area contributed by atoms with E-state index in [4.69, 9.17) is 5.26 Å². The highest BCUT2D eigenvalue weighted by atomic mass is 15.2. The molecule has 0 bridgehead atoms. The van der Waals surface area contributed by atoms with Gasteiger partial charge in [0.05, 0.1) is 11.6 Å². The zero-order chi connectivity index (χ0) is 11.7. The van der Waals surface area contributed by atoms with Crippen molar-refractivity contribution in [2.24, 2.45) is 5.92 Å². The maximum absolute atomic E-state index is 8.93. The smallest absolute Gasteiger partial charge is 0.0992 e. The van der Waals surface area contributed by atoms with Gasteiger partial charge in [-0.05, 0) is 43.5 Å². The highest BCUT2D eigenvalue weighted by Crippen LogP contribution is 2.29. The molecule has 1 N–H and O–H groups in total. The third kappa shape index (κ3) is 2.01. The number of anilines is 1. The van der Waals surface area contributed by atoms with Crippen LogP contribution in [-0.2, 0) is 0 Å². The molecule has 3 heteroatoms. The Morgan fingerprint density at radius 3 is 3.12 bits per heavy atom. The molecule has 2 heterocycles. The first kappa shape index (κ1) is 10.6. The normalized spacial score (nSPS) is 27.6. The lowest BCUT2D eigenvalue weighted by molar-refractivity contribution is 0.340. The number of piperidine rings is 1. The molecule has 1 aromatic rings. The van der Waals surface area contributed by atoms with Crippen LogP contribution in [0.3, 0.4) is 0 Å². The average Bonchev–Trinajstić information content (AvgIpc) is 2.82. The Labute approximate surface area is 102 Å². The van der Waals surface area contributed by atoms with Crippen LogP contribution in [0.1, 0.15) is 18.4 Å². The van der Waals surface area contributed by atoms with E-state index in [9.17, 15) is 0 Å². The topological polar surface area (TPSA) is 39.1 Å². The van der Waals surface area contributed by atoms with Crippen LogP contribution in [0.25, 0.3) is 0 Å². The molecule has 88 valence electrons. The second kappa shape index (κ2) is 4.38. The van der Waals surface area contributed by atoms with E-state index in [1.807, 2.05) is 18.2 Å². The molecule has 2 aliphatic heterocycles. The van der Waals surface area contributed by atoms with E-state index >= 15 is 0 Å². The van der Waals surface area contributed by atoms with Crippen molar-refractivity contribution in [3.05, 3.63) is 29.8 Å². The van der Waals surface area contributed by atoms with Crippen LogP contribution in [0, 0.1) is 17.2 Å². The van der Waals surface area contributed by atoms with Gasteiger partial charge in [0.1, 0.15) is 0 Å². The largest absolute Gasteiger partial charge is 0.370 e. The van der Waals surface area contributed by atoms with Crippen molar-refractivity contribution in [3.63, 3.8) is 0 Å². The lowest BCUT2D eigenvalue weighted by atomic mass is 9.94. The van der Waals surface area contributed by atoms with Crippen molar-refractivity contribution < 1.29 is 0 Å². The molecule has 0 unspecified atom stereocenters. The monoisotopic (exact) mass is 227 g/mol. The van der Waals surface area contributed by atoms with E-state index < -0.39 is 0 Å². The average molecular weight is 227 g/mol. The molecule has 1 aromatic carbocycles. The maximum atomic E-state index is 8.93. The number of nitrogens with zero attached hydrogens (tertiary/aromatic N) is 2. The molecule has 0 amide bonds. The first-order valence-corrected chi connectivity index (χ1v) is 6.35. The maximum Gasteiger partial charge on any atom is 0.0992 e. The summed E-state index contributed by atoms with van der Waals surface area (Å²) in [6.45, 7) is 3.37. The summed E-state index contributed by atoms with van der Waals surface area (Å²) in [5.41, 5.74) is 1.95. The van der Waals surface area contributed by atoms with Gasteiger partial charge in [-0.2, -0.15) is 5.26 Å². The fourth-order valence-corrected chi connectivity index (χ4v) is 3.03. The molecular weight excluding hydrogens is 210 g/mol. The van der Waals surface area contributed by atoms with Crippen molar-refractivity contribution >= 4 is 5.69 Å². The SMILES string of the molecule is N#Cc1cccc(N2C[C@@H]3CCCN[C@@H]3C2)c1. The fraction of sp³-hybridized carbons (Fsp3) is 0.500. The quantitative estimate of drug-likeness (QED) is 0.794. The van der Waals surface area contributed by atoms with Crippen molar-refractivity contribution in [1.29, 1.82) is 5.26 Å². The fourth-order valence-electron chi connectivity index (χ4n) is 3.03. The molecular formula is C14H17N3. The predicted molar refractivity (Wildman–Crippen MR) is 67.9 cm³/mol. The second-order valence-corrected chi connectivity index (χ2v) is 5.03. The third-order valence-electron chi connectivity index (χ3n) is 3.94. The molecule has 0 saturated carbocycles. The van der Waals surface area contributed by atoms with Crippen LogP contribution in [0.15, 0.2) is 24.3 Å². The predicted octanol–water partition coefficient (Wildman–Crippen LogP) is 1.75. The van der Waals surface area contributed by atoms with E-state index in [2.05, 4.69) is 22.4 Å². The molecule has 3 rings (SSSR count). The van der Waals surface area contributed by atoms with E-state index in [0.29, 0.717) is 6.04 Å². The van der Waals surface area contributed by atoms with Crippen molar-refractivity contribution in [2.45, 2.75) is 18.9 Å². The Balaban J connectivity index is 1.79. The Kier molecular flexibility index (Phi) is 2.74. The molecule has 0 spiro atoms. The number of benzene rings is 1. The van der Waals surface area contributed by atoms with Crippen LogP contribution >= 0.6 is 0 Å². The van der Waals surface area contributed by atoms with Crippen LogP contribution in [0.5, 0.6) is 0 Å². The van der Waals surface area contributed by atoms with Crippen LogP contribution in [-0.4, -0.2) is 25.7 Å². The molecule has 2 atom stereocenters. The standard InChI is InChI=1S/C14H17N3/c15-8-11-3-1-5-13(7-11)17-9-12-4-2-6-16-14(12)10-17/h1,3,5,7,12,14,16H,2,4,6,9-10H2/t12-,14+/m0/s1. The summed E-state index contributed by atoms with van der Waals surface area (Å²) in [5.74, 6) is 0.787.